The number of anilines is 3. The molecule has 2 N–H and O–H groups in total. The molecule has 0 aliphatic carbocycles. The number of alkyl halides is 3. The number of hydrogen-bond acceptors (Lipinski definition) is 8. The van der Waals surface area contributed by atoms with E-state index >= 15 is 0 Å². The number of nitrogens with zero attached hydrogens (tertiary/aromatic N) is 6. The van der Waals surface area contributed by atoms with Gasteiger partial charge in [0.2, 0.25) is 5.88 Å². The molecule has 0 unspecified atom stereocenters. The lowest BCUT2D eigenvalue weighted by Crippen LogP contribution is -2.48. The Morgan fingerprint density at radius 2 is 1.67 bits per heavy atom. The fourth-order valence-corrected chi connectivity index (χ4v) is 5.25. The van der Waals surface area contributed by atoms with Crippen LogP contribution in [0.5, 0.6) is 11.6 Å². The molecule has 0 saturated carbocycles. The summed E-state index contributed by atoms with van der Waals surface area (Å²) in [6.45, 7) is 4.20. The van der Waals surface area contributed by atoms with E-state index in [1.165, 1.54) is 35.3 Å². The lowest BCUT2D eigenvalue weighted by Gasteiger charge is -2.32. The molecule has 12 nitrogen and oxygen atoms in total. The number of urea groups is 1. The molecule has 0 radical (unpaired) electrons. The number of aromatic nitrogens is 3. The maximum atomic E-state index is 13.9. The van der Waals surface area contributed by atoms with Crippen molar-refractivity contribution < 1.29 is 32.2 Å². The molecule has 0 bridgehead atoms. The van der Waals surface area contributed by atoms with Crippen LogP contribution in [-0.4, -0.2) is 95.9 Å². The summed E-state index contributed by atoms with van der Waals surface area (Å²) >= 11 is 0. The van der Waals surface area contributed by atoms with Crippen molar-refractivity contribution in [2.45, 2.75) is 6.18 Å². The zero-order valence-electron chi connectivity index (χ0n) is 24.4. The lowest BCUT2D eigenvalue weighted by molar-refractivity contribution is -0.137. The number of benzene rings is 2. The maximum absolute atomic E-state index is 13.9. The molecule has 45 heavy (non-hydrogen) atoms. The fraction of sp³-hybridized carbons (Fsp3) is 0.333. The summed E-state index contributed by atoms with van der Waals surface area (Å²) in [4.78, 5) is 39.5. The van der Waals surface area contributed by atoms with Crippen LogP contribution in [0.4, 0.5) is 40.0 Å². The van der Waals surface area contributed by atoms with Crippen molar-refractivity contribution in [3.05, 3.63) is 66.6 Å². The van der Waals surface area contributed by atoms with Gasteiger partial charge >= 0.3 is 18.2 Å². The van der Waals surface area contributed by atoms with E-state index in [9.17, 15) is 22.8 Å². The molecule has 2 fully saturated rings. The summed E-state index contributed by atoms with van der Waals surface area (Å²) in [6.07, 6.45) is -1.80. The van der Waals surface area contributed by atoms with E-state index in [0.29, 0.717) is 61.9 Å². The normalized spacial score (nSPS) is 16.1. The molecular formula is C30H31F3N8O4. The van der Waals surface area contributed by atoms with E-state index in [2.05, 4.69) is 25.5 Å². The van der Waals surface area contributed by atoms with Gasteiger partial charge in [0.15, 0.2) is 0 Å². The second-order valence-electron chi connectivity index (χ2n) is 10.7. The molecule has 2 aromatic carbocycles. The highest BCUT2D eigenvalue weighted by molar-refractivity contribution is 5.99. The van der Waals surface area contributed by atoms with Crippen LogP contribution in [0.2, 0.25) is 0 Å². The third kappa shape index (κ3) is 6.94. The van der Waals surface area contributed by atoms with Gasteiger partial charge in [-0.25, -0.2) is 19.6 Å². The van der Waals surface area contributed by atoms with E-state index in [4.69, 9.17) is 9.47 Å². The predicted octanol–water partition coefficient (Wildman–Crippen LogP) is 4.94. The molecule has 4 aromatic rings. The second-order valence-corrected chi connectivity index (χ2v) is 10.7. The van der Waals surface area contributed by atoms with Crippen molar-refractivity contribution in [1.29, 1.82) is 0 Å². The number of carbonyl (C=O) groups excluding carboxylic acids is 2. The molecule has 6 rings (SSSR count). The third-order valence-corrected chi connectivity index (χ3v) is 7.68. The first-order valence-electron chi connectivity index (χ1n) is 14.3. The van der Waals surface area contributed by atoms with Gasteiger partial charge < -0.3 is 29.5 Å². The van der Waals surface area contributed by atoms with Gasteiger partial charge in [0.1, 0.15) is 17.9 Å². The highest BCUT2D eigenvalue weighted by atomic mass is 19.4. The zero-order valence-corrected chi connectivity index (χ0v) is 24.4. The number of carbonyl (C=O) groups is 2. The van der Waals surface area contributed by atoms with Crippen LogP contribution in [0.3, 0.4) is 0 Å². The van der Waals surface area contributed by atoms with E-state index in [0.717, 1.165) is 19.2 Å². The summed E-state index contributed by atoms with van der Waals surface area (Å²) in [6, 6.07) is 11.1. The van der Waals surface area contributed by atoms with Crippen LogP contribution in [0.15, 0.2) is 61.1 Å². The topological polar surface area (TPSA) is 117 Å². The number of nitrogens with one attached hydrogen (secondary N) is 2. The smallest absolute Gasteiger partial charge is 0.418 e. The van der Waals surface area contributed by atoms with Gasteiger partial charge in [0.05, 0.1) is 24.3 Å². The van der Waals surface area contributed by atoms with Crippen LogP contribution < -0.4 is 20.3 Å². The molecule has 236 valence electrons. The average molecular weight is 625 g/mol. The standard InChI is InChI=1S/C30H31F3N8O4/c1-38-8-10-40(11-9-38)28(42)37-26-18-27(35-19-34-26)45-22-3-5-24-20(16-22)6-7-41(24)29(43)36-21-2-4-25(23(17-21)30(31,32)33)39-12-14-44-15-13-39/h2-7,16-19H,8-15H2,1H3,(H,36,43)(H,34,35,37,42). The van der Waals surface area contributed by atoms with Crippen LogP contribution in [0.1, 0.15) is 5.56 Å². The highest BCUT2D eigenvalue weighted by Gasteiger charge is 2.35. The van der Waals surface area contributed by atoms with Crippen molar-refractivity contribution in [2.24, 2.45) is 0 Å². The maximum Gasteiger partial charge on any atom is 0.418 e. The van der Waals surface area contributed by atoms with Crippen molar-refractivity contribution in [3.8, 4) is 11.6 Å². The molecule has 15 heteroatoms. The first-order chi connectivity index (χ1) is 21.6. The Bertz CT molecular complexity index is 1700. The van der Waals surface area contributed by atoms with Crippen molar-refractivity contribution in [2.75, 3.05) is 75.1 Å². The Morgan fingerprint density at radius 1 is 0.889 bits per heavy atom. The third-order valence-electron chi connectivity index (χ3n) is 7.68. The number of fused-ring (bicyclic) bond motifs is 1. The van der Waals surface area contributed by atoms with Crippen LogP contribution >= 0.6 is 0 Å². The lowest BCUT2D eigenvalue weighted by atomic mass is 10.1. The van der Waals surface area contributed by atoms with Gasteiger partial charge in [0, 0.05) is 68.3 Å². The van der Waals surface area contributed by atoms with Gasteiger partial charge in [0.25, 0.3) is 0 Å². The van der Waals surface area contributed by atoms with Gasteiger partial charge in [-0.3, -0.25) is 9.88 Å². The number of halogens is 3. The minimum atomic E-state index is -4.61. The summed E-state index contributed by atoms with van der Waals surface area (Å²) < 4.78 is 54.3. The summed E-state index contributed by atoms with van der Waals surface area (Å²) in [5.74, 6) is 0.917. The van der Waals surface area contributed by atoms with Crippen molar-refractivity contribution in [1.82, 2.24) is 24.3 Å². The largest absolute Gasteiger partial charge is 0.439 e. The highest BCUT2D eigenvalue weighted by Crippen LogP contribution is 2.38. The Labute approximate surface area is 256 Å². The summed E-state index contributed by atoms with van der Waals surface area (Å²) in [7, 11) is 2.01. The minimum absolute atomic E-state index is 0.0189. The molecule has 2 aliphatic heterocycles. The van der Waals surface area contributed by atoms with Crippen molar-refractivity contribution >= 4 is 40.2 Å². The molecule has 0 atom stereocenters. The van der Waals surface area contributed by atoms with E-state index in [1.54, 1.807) is 34.1 Å². The predicted molar refractivity (Wildman–Crippen MR) is 161 cm³/mol. The minimum Gasteiger partial charge on any atom is -0.439 e. The van der Waals surface area contributed by atoms with Crippen LogP contribution in [0, 0.1) is 0 Å². The number of ether oxygens (including phenoxy) is 2. The first-order valence-corrected chi connectivity index (χ1v) is 14.3. The van der Waals surface area contributed by atoms with Gasteiger partial charge in [-0.05, 0) is 49.5 Å². The van der Waals surface area contributed by atoms with E-state index in [-0.39, 0.29) is 23.3 Å². The Morgan fingerprint density at radius 3 is 2.42 bits per heavy atom. The number of hydrogen-bond donors (Lipinski definition) is 2. The van der Waals surface area contributed by atoms with E-state index in [1.807, 2.05) is 7.05 Å². The van der Waals surface area contributed by atoms with Gasteiger partial charge in [-0.1, -0.05) is 0 Å². The Balaban J connectivity index is 1.13. The quantitative estimate of drug-likeness (QED) is 0.321. The van der Waals surface area contributed by atoms with E-state index < -0.39 is 17.8 Å². The monoisotopic (exact) mass is 624 g/mol. The summed E-state index contributed by atoms with van der Waals surface area (Å²) in [5, 5.41) is 5.99. The molecular weight excluding hydrogens is 593 g/mol. The first kappa shape index (κ1) is 30.1. The summed E-state index contributed by atoms with van der Waals surface area (Å²) in [5.41, 5.74) is -0.238. The Kier molecular flexibility index (Phi) is 8.45. The number of likely N-dealkylation sites (N-methyl/N-ethyl adjacent to an activating group) is 1. The van der Waals surface area contributed by atoms with Gasteiger partial charge in [-0.15, -0.1) is 0 Å². The molecule has 3 amide bonds. The molecule has 2 aromatic heterocycles. The van der Waals surface area contributed by atoms with Crippen LogP contribution in [0.25, 0.3) is 10.9 Å². The Hall–Kier alpha value is -4.89. The average Bonchev–Trinajstić information content (AvgIpc) is 3.45. The number of morpholine rings is 1. The SMILES string of the molecule is CN1CCN(C(=O)Nc2cc(Oc3ccc4c(ccn4C(=O)Nc4ccc(N5CCOCC5)c(C(F)(F)F)c4)c3)ncn2)CC1. The fourth-order valence-electron chi connectivity index (χ4n) is 5.25. The number of piperazine rings is 1. The van der Waals surface area contributed by atoms with Crippen LogP contribution in [-0.2, 0) is 10.9 Å². The van der Waals surface area contributed by atoms with Gasteiger partial charge in [-0.2, -0.15) is 13.2 Å². The second kappa shape index (κ2) is 12.6. The zero-order chi connectivity index (χ0) is 31.6. The number of amides is 3. The number of rotatable bonds is 5. The molecule has 4 heterocycles. The molecule has 2 saturated heterocycles. The van der Waals surface area contributed by atoms with Crippen molar-refractivity contribution in [3.63, 3.8) is 0 Å². The molecule has 0 spiro atoms. The molecule has 2 aliphatic rings.